The van der Waals surface area contributed by atoms with Gasteiger partial charge in [0.15, 0.2) is 5.65 Å². The van der Waals surface area contributed by atoms with Crippen molar-refractivity contribution in [2.45, 2.75) is 26.3 Å². The number of alkyl halides is 2. The van der Waals surface area contributed by atoms with E-state index in [1.165, 1.54) is 0 Å². The van der Waals surface area contributed by atoms with Crippen LogP contribution in [0.5, 0.6) is 0 Å². The summed E-state index contributed by atoms with van der Waals surface area (Å²) in [5, 5.41) is 9.24. The minimum atomic E-state index is -2.41. The third-order valence-electron chi connectivity index (χ3n) is 5.19. The molecule has 1 N–H and O–H groups in total. The average Bonchev–Trinajstić information content (AvgIpc) is 3.48. The first kappa shape index (κ1) is 22.9. The molecule has 0 aliphatic rings. The Labute approximate surface area is 194 Å². The number of carbonyl (C=O) groups is 1. The number of aromatic nitrogens is 4. The van der Waals surface area contributed by atoms with Gasteiger partial charge in [-0.1, -0.05) is 13.0 Å². The second kappa shape index (κ2) is 10.1. The summed E-state index contributed by atoms with van der Waals surface area (Å²) >= 11 is 1.60. The molecular formula is C23H24F2N6OS. The Kier molecular flexibility index (Phi) is 7.05. The topological polar surface area (TPSA) is 75.4 Å². The number of carbonyl (C=O) groups excluding carboxylic acids is 1. The first-order valence-electron chi connectivity index (χ1n) is 10.6. The number of pyridine rings is 1. The summed E-state index contributed by atoms with van der Waals surface area (Å²) in [6.45, 7) is 4.13. The Bertz CT molecular complexity index is 1230. The van der Waals surface area contributed by atoms with Crippen LogP contribution in [0.3, 0.4) is 0 Å². The van der Waals surface area contributed by atoms with Crippen molar-refractivity contribution in [2.24, 2.45) is 0 Å². The maximum absolute atomic E-state index is 12.8. The summed E-state index contributed by atoms with van der Waals surface area (Å²) in [5.74, 6) is -0.289. The van der Waals surface area contributed by atoms with Crippen LogP contribution in [0, 0.1) is 0 Å². The normalized spacial score (nSPS) is 12.5. The molecular weight excluding hydrogens is 446 g/mol. The van der Waals surface area contributed by atoms with Gasteiger partial charge in [-0.15, -0.1) is 11.3 Å². The van der Waals surface area contributed by atoms with E-state index in [0.717, 1.165) is 10.6 Å². The van der Waals surface area contributed by atoms with Crippen LogP contribution >= 0.6 is 11.3 Å². The third-order valence-corrected chi connectivity index (χ3v) is 6.09. The molecule has 0 saturated heterocycles. The van der Waals surface area contributed by atoms with E-state index in [0.29, 0.717) is 35.6 Å². The first-order valence-corrected chi connectivity index (χ1v) is 11.5. The third kappa shape index (κ3) is 5.40. The van der Waals surface area contributed by atoms with Crippen molar-refractivity contribution in [3.63, 3.8) is 0 Å². The van der Waals surface area contributed by atoms with Crippen molar-refractivity contribution < 1.29 is 13.6 Å². The largest absolute Gasteiger partial charge is 0.348 e. The lowest BCUT2D eigenvalue weighted by Gasteiger charge is -2.24. The molecule has 0 aliphatic carbocycles. The second-order valence-electron chi connectivity index (χ2n) is 7.66. The van der Waals surface area contributed by atoms with Crippen LogP contribution in [-0.4, -0.2) is 62.5 Å². The highest BCUT2D eigenvalue weighted by atomic mass is 32.1. The van der Waals surface area contributed by atoms with Crippen LogP contribution in [0.4, 0.5) is 8.78 Å². The number of hydrogen-bond donors (Lipinski definition) is 1. The predicted octanol–water partition coefficient (Wildman–Crippen LogP) is 4.23. The SMILES string of the molecule is CCN(CC(F)F)C[C@@H](C)NC(=O)c1ccnc(-c2cnn3ccc(-c4cccs4)nc23)c1. The van der Waals surface area contributed by atoms with Gasteiger partial charge in [0.05, 0.1) is 34.6 Å². The number of amides is 1. The standard InChI is InChI=1S/C23H24F2N6OS/c1-3-30(14-21(24)25)13-15(2)28-23(32)16-6-8-26-19(11-16)17-12-27-31-9-7-18(29-22(17)31)20-5-4-10-33-20/h4-12,15,21H,3,13-14H2,1-2H3,(H,28,32)/t15-/m1/s1. The van der Waals surface area contributed by atoms with Gasteiger partial charge in [-0.05, 0) is 43.1 Å². The smallest absolute Gasteiger partial charge is 0.251 e. The van der Waals surface area contributed by atoms with Gasteiger partial charge in [-0.25, -0.2) is 18.3 Å². The summed E-state index contributed by atoms with van der Waals surface area (Å²) in [6, 6.07) is 8.90. The molecule has 0 radical (unpaired) electrons. The van der Waals surface area contributed by atoms with E-state index in [4.69, 9.17) is 4.98 Å². The zero-order valence-corrected chi connectivity index (χ0v) is 19.1. The molecule has 0 saturated carbocycles. The van der Waals surface area contributed by atoms with Crippen molar-refractivity contribution in [3.8, 4) is 21.8 Å². The van der Waals surface area contributed by atoms with Gasteiger partial charge in [-0.3, -0.25) is 14.7 Å². The number of halogens is 2. The molecule has 0 unspecified atom stereocenters. The van der Waals surface area contributed by atoms with Crippen molar-refractivity contribution in [2.75, 3.05) is 19.6 Å². The van der Waals surface area contributed by atoms with Crippen molar-refractivity contribution in [3.05, 3.63) is 59.9 Å². The maximum Gasteiger partial charge on any atom is 0.251 e. The average molecular weight is 471 g/mol. The molecule has 0 bridgehead atoms. The summed E-state index contributed by atoms with van der Waals surface area (Å²) in [7, 11) is 0. The molecule has 0 spiro atoms. The van der Waals surface area contributed by atoms with Crippen LogP contribution in [-0.2, 0) is 0 Å². The molecule has 4 rings (SSSR count). The number of thiophene rings is 1. The van der Waals surface area contributed by atoms with Crippen LogP contribution in [0.2, 0.25) is 0 Å². The van der Waals surface area contributed by atoms with Crippen LogP contribution in [0.1, 0.15) is 24.2 Å². The van der Waals surface area contributed by atoms with Gasteiger partial charge in [0.1, 0.15) is 0 Å². The van der Waals surface area contributed by atoms with E-state index in [-0.39, 0.29) is 18.5 Å². The van der Waals surface area contributed by atoms with Crippen molar-refractivity contribution in [1.29, 1.82) is 0 Å². The lowest BCUT2D eigenvalue weighted by molar-refractivity contribution is 0.0821. The van der Waals surface area contributed by atoms with Crippen LogP contribution in [0.15, 0.2) is 54.3 Å². The quantitative estimate of drug-likeness (QED) is 0.396. The van der Waals surface area contributed by atoms with Crippen molar-refractivity contribution >= 4 is 22.9 Å². The molecule has 7 nitrogen and oxygen atoms in total. The molecule has 4 aromatic heterocycles. The highest BCUT2D eigenvalue weighted by Crippen LogP contribution is 2.27. The van der Waals surface area contributed by atoms with E-state index in [1.807, 2.05) is 36.7 Å². The molecule has 4 heterocycles. The van der Waals surface area contributed by atoms with Gasteiger partial charge in [0.2, 0.25) is 0 Å². The zero-order chi connectivity index (χ0) is 23.4. The molecule has 0 aromatic carbocycles. The van der Waals surface area contributed by atoms with Gasteiger partial charge in [-0.2, -0.15) is 5.10 Å². The molecule has 33 heavy (non-hydrogen) atoms. The fraction of sp³-hybridized carbons (Fsp3) is 0.304. The molecule has 4 aromatic rings. The molecule has 1 atom stereocenters. The molecule has 10 heteroatoms. The second-order valence-corrected chi connectivity index (χ2v) is 8.61. The summed E-state index contributed by atoms with van der Waals surface area (Å²) in [6.07, 6.45) is 2.68. The minimum absolute atomic E-state index is 0.289. The Balaban J connectivity index is 1.54. The van der Waals surface area contributed by atoms with Crippen LogP contribution in [0.25, 0.3) is 27.5 Å². The molecule has 0 fully saturated rings. The zero-order valence-electron chi connectivity index (χ0n) is 18.3. The monoisotopic (exact) mass is 470 g/mol. The highest BCUT2D eigenvalue weighted by Gasteiger charge is 2.17. The number of likely N-dealkylation sites (N-methyl/N-ethyl adjacent to an activating group) is 1. The Morgan fingerprint density at radius 3 is 2.82 bits per heavy atom. The van der Waals surface area contributed by atoms with E-state index >= 15 is 0 Å². The Hall–Kier alpha value is -3.24. The molecule has 0 aliphatic heterocycles. The number of hydrogen-bond acceptors (Lipinski definition) is 6. The van der Waals surface area contributed by atoms with E-state index < -0.39 is 6.43 Å². The number of fused-ring (bicyclic) bond motifs is 1. The first-order chi connectivity index (χ1) is 15.9. The number of rotatable bonds is 9. The van der Waals surface area contributed by atoms with Gasteiger partial charge >= 0.3 is 0 Å². The summed E-state index contributed by atoms with van der Waals surface area (Å²) < 4.78 is 27.1. The maximum atomic E-state index is 12.8. The van der Waals surface area contributed by atoms with E-state index in [9.17, 15) is 13.6 Å². The van der Waals surface area contributed by atoms with Crippen LogP contribution < -0.4 is 5.32 Å². The van der Waals surface area contributed by atoms with E-state index in [1.54, 1.807) is 52.2 Å². The van der Waals surface area contributed by atoms with E-state index in [2.05, 4.69) is 15.4 Å². The number of nitrogens with one attached hydrogen (secondary N) is 1. The fourth-order valence-corrected chi connectivity index (χ4v) is 4.29. The minimum Gasteiger partial charge on any atom is -0.348 e. The lowest BCUT2D eigenvalue weighted by atomic mass is 10.1. The van der Waals surface area contributed by atoms with Gasteiger partial charge in [0.25, 0.3) is 12.3 Å². The molecule has 172 valence electrons. The van der Waals surface area contributed by atoms with Crippen molar-refractivity contribution in [1.82, 2.24) is 29.8 Å². The van der Waals surface area contributed by atoms with Gasteiger partial charge in [0, 0.05) is 30.5 Å². The fourth-order valence-electron chi connectivity index (χ4n) is 3.60. The summed E-state index contributed by atoms with van der Waals surface area (Å²) in [4.78, 5) is 24.6. The predicted molar refractivity (Wildman–Crippen MR) is 125 cm³/mol. The van der Waals surface area contributed by atoms with Gasteiger partial charge < -0.3 is 5.32 Å². The highest BCUT2D eigenvalue weighted by molar-refractivity contribution is 7.13. The lowest BCUT2D eigenvalue weighted by Crippen LogP contribution is -2.43. The Morgan fingerprint density at radius 1 is 1.24 bits per heavy atom. The number of nitrogens with zero attached hydrogens (tertiary/aromatic N) is 5. The Morgan fingerprint density at radius 2 is 2.09 bits per heavy atom. The molecule has 1 amide bonds. The summed E-state index contributed by atoms with van der Waals surface area (Å²) in [5.41, 5.74) is 3.20.